The molecule has 0 spiro atoms. The van der Waals surface area contributed by atoms with E-state index in [-0.39, 0.29) is 23.2 Å². The van der Waals surface area contributed by atoms with Crippen LogP contribution in [0.15, 0.2) is 47.0 Å². The van der Waals surface area contributed by atoms with E-state index in [1.54, 1.807) is 0 Å². The first-order chi connectivity index (χ1) is 12.2. The van der Waals surface area contributed by atoms with Crippen LogP contribution < -0.4 is 0 Å². The molecular weight excluding hydrogens is 328 g/mol. The highest BCUT2D eigenvalue weighted by Crippen LogP contribution is 2.46. The maximum Gasteiger partial charge on any atom is 0.227 e. The molecule has 0 bridgehead atoms. The van der Waals surface area contributed by atoms with E-state index in [4.69, 9.17) is 4.74 Å². The lowest BCUT2D eigenvalue weighted by atomic mass is 9.65. The molecule has 1 saturated carbocycles. The Morgan fingerprint density at radius 3 is 2.81 bits per heavy atom. The van der Waals surface area contributed by atoms with E-state index in [1.165, 1.54) is 31.9 Å². The lowest BCUT2D eigenvalue weighted by molar-refractivity contribution is -0.119. The number of Topliss-reactive ketones (excluding diaryl/α,β-unsaturated/α-hetero) is 1. The molecule has 0 aliphatic heterocycles. The third-order valence-electron chi connectivity index (χ3n) is 5.96. The molecule has 0 saturated heterocycles. The summed E-state index contributed by atoms with van der Waals surface area (Å²) < 4.78 is 4.94. The van der Waals surface area contributed by atoms with Gasteiger partial charge in [0.1, 0.15) is 0 Å². The molecule has 1 N–H and O–H groups in total. The number of aliphatic hydroxyl groups excluding tert-OH is 1. The molecule has 0 aromatic rings. The van der Waals surface area contributed by atoms with Gasteiger partial charge in [-0.2, -0.15) is 0 Å². The maximum absolute atomic E-state index is 12.3. The number of hydrogen-bond donors (Lipinski definition) is 1. The van der Waals surface area contributed by atoms with E-state index in [1.807, 2.05) is 13.0 Å². The third-order valence-corrected chi connectivity index (χ3v) is 5.96. The van der Waals surface area contributed by atoms with E-state index >= 15 is 0 Å². The molecule has 0 heterocycles. The van der Waals surface area contributed by atoms with E-state index in [0.717, 1.165) is 24.5 Å². The minimum absolute atomic E-state index is 0.0196. The summed E-state index contributed by atoms with van der Waals surface area (Å²) in [6.07, 6.45) is 8.76. The molecule has 0 amide bonds. The van der Waals surface area contributed by atoms with Crippen LogP contribution in [-0.4, -0.2) is 23.8 Å². The van der Waals surface area contributed by atoms with Crippen molar-refractivity contribution in [1.29, 1.82) is 0 Å². The van der Waals surface area contributed by atoms with Crippen molar-refractivity contribution in [2.24, 2.45) is 11.3 Å². The Balaban J connectivity index is 2.02. The first-order valence-electron chi connectivity index (χ1n) is 9.31. The number of ketones is 2. The number of hydrogen-bond acceptors (Lipinski definition) is 4. The quantitative estimate of drug-likeness (QED) is 0.537. The average molecular weight is 358 g/mol. The van der Waals surface area contributed by atoms with E-state index < -0.39 is 17.3 Å². The summed E-state index contributed by atoms with van der Waals surface area (Å²) in [5.41, 5.74) is 2.76. The first kappa shape index (κ1) is 20.2. The van der Waals surface area contributed by atoms with Crippen LogP contribution in [0.1, 0.15) is 59.3 Å². The van der Waals surface area contributed by atoms with Crippen molar-refractivity contribution in [2.75, 3.05) is 7.11 Å². The van der Waals surface area contributed by atoms with Gasteiger partial charge in [-0.25, -0.2) is 0 Å². The molecule has 4 heteroatoms. The van der Waals surface area contributed by atoms with Crippen LogP contribution in [0.2, 0.25) is 0 Å². The van der Waals surface area contributed by atoms with Crippen molar-refractivity contribution in [3.63, 3.8) is 0 Å². The van der Waals surface area contributed by atoms with Gasteiger partial charge in [0.25, 0.3) is 0 Å². The van der Waals surface area contributed by atoms with Crippen LogP contribution >= 0.6 is 0 Å². The predicted molar refractivity (Wildman–Crippen MR) is 103 cm³/mol. The zero-order valence-corrected chi connectivity index (χ0v) is 16.4. The lowest BCUT2D eigenvalue weighted by Gasteiger charge is -2.40. The van der Waals surface area contributed by atoms with Gasteiger partial charge in [-0.1, -0.05) is 44.1 Å². The van der Waals surface area contributed by atoms with Gasteiger partial charge in [-0.05, 0) is 50.4 Å². The fraction of sp³-hybridized carbons (Fsp3) is 0.545. The molecule has 2 rings (SSSR count). The number of carbonyl (C=O) groups excluding carboxylic acids is 2. The molecule has 2 aliphatic carbocycles. The van der Waals surface area contributed by atoms with Crippen molar-refractivity contribution in [3.8, 4) is 0 Å². The number of methoxy groups -OCH3 is 1. The highest BCUT2D eigenvalue weighted by atomic mass is 16.5. The van der Waals surface area contributed by atoms with Gasteiger partial charge >= 0.3 is 0 Å². The van der Waals surface area contributed by atoms with Crippen molar-refractivity contribution < 1.29 is 19.4 Å². The SMILES string of the molecule is C=C1[C@H](C)CCC[C@]1(C)CC/C(C)=C/CC1=C(O)C(=O)C=C(OC)C1=O. The summed E-state index contributed by atoms with van der Waals surface area (Å²) in [4.78, 5) is 24.0. The highest BCUT2D eigenvalue weighted by molar-refractivity contribution is 6.20. The Bertz CT molecular complexity index is 708. The molecule has 142 valence electrons. The van der Waals surface area contributed by atoms with Crippen LogP contribution in [0.25, 0.3) is 0 Å². The number of ether oxygens (including phenoxy) is 1. The zero-order valence-electron chi connectivity index (χ0n) is 16.4. The van der Waals surface area contributed by atoms with Gasteiger partial charge in [0.05, 0.1) is 12.7 Å². The Labute approximate surface area is 156 Å². The van der Waals surface area contributed by atoms with E-state index in [2.05, 4.69) is 20.4 Å². The van der Waals surface area contributed by atoms with Crippen molar-refractivity contribution in [2.45, 2.75) is 59.3 Å². The number of aliphatic hydroxyl groups is 1. The Morgan fingerprint density at radius 2 is 2.15 bits per heavy atom. The Hall–Kier alpha value is -2.10. The van der Waals surface area contributed by atoms with Crippen molar-refractivity contribution in [1.82, 2.24) is 0 Å². The smallest absolute Gasteiger partial charge is 0.227 e. The minimum Gasteiger partial charge on any atom is -0.504 e. The highest BCUT2D eigenvalue weighted by Gasteiger charge is 2.33. The second-order valence-electron chi connectivity index (χ2n) is 7.87. The van der Waals surface area contributed by atoms with Crippen LogP contribution in [0.3, 0.4) is 0 Å². The Kier molecular flexibility index (Phi) is 6.27. The van der Waals surface area contributed by atoms with Crippen LogP contribution in [0, 0.1) is 11.3 Å². The molecule has 2 atom stereocenters. The fourth-order valence-electron chi connectivity index (χ4n) is 3.86. The monoisotopic (exact) mass is 358 g/mol. The normalized spacial score (nSPS) is 27.7. The topological polar surface area (TPSA) is 63.6 Å². The molecule has 4 nitrogen and oxygen atoms in total. The predicted octanol–water partition coefficient (Wildman–Crippen LogP) is 4.98. The van der Waals surface area contributed by atoms with Crippen LogP contribution in [0.5, 0.6) is 0 Å². The molecule has 0 radical (unpaired) electrons. The summed E-state index contributed by atoms with van der Waals surface area (Å²) in [5, 5.41) is 9.94. The van der Waals surface area contributed by atoms with Gasteiger partial charge in [-0.3, -0.25) is 9.59 Å². The summed E-state index contributed by atoms with van der Waals surface area (Å²) in [6, 6.07) is 0. The van der Waals surface area contributed by atoms with E-state index in [0.29, 0.717) is 5.92 Å². The summed E-state index contributed by atoms with van der Waals surface area (Å²) >= 11 is 0. The van der Waals surface area contributed by atoms with Gasteiger partial charge < -0.3 is 9.84 Å². The third kappa shape index (κ3) is 4.17. The number of rotatable bonds is 6. The van der Waals surface area contributed by atoms with E-state index in [9.17, 15) is 14.7 Å². The van der Waals surface area contributed by atoms with Crippen molar-refractivity contribution in [3.05, 3.63) is 47.0 Å². The lowest BCUT2D eigenvalue weighted by Crippen LogP contribution is -2.27. The second-order valence-corrected chi connectivity index (χ2v) is 7.87. The summed E-state index contributed by atoms with van der Waals surface area (Å²) in [7, 11) is 1.34. The fourth-order valence-corrected chi connectivity index (χ4v) is 3.86. The van der Waals surface area contributed by atoms with Crippen molar-refractivity contribution >= 4 is 11.6 Å². The molecule has 0 aromatic heterocycles. The first-order valence-corrected chi connectivity index (χ1v) is 9.31. The number of allylic oxidation sites excluding steroid dienone is 5. The van der Waals surface area contributed by atoms with Gasteiger partial charge in [0, 0.05) is 6.08 Å². The molecule has 26 heavy (non-hydrogen) atoms. The zero-order chi connectivity index (χ0) is 19.5. The standard InChI is InChI=1S/C22H30O4/c1-14(10-12-22(4)11-6-7-15(2)16(22)3)8-9-17-20(24)18(23)13-19(26-5)21(17)25/h8,13,15,24H,3,6-7,9-12H2,1-2,4-5H3/b14-8+/t15-,22-/m1/s1. The second kappa shape index (κ2) is 8.07. The van der Waals surface area contributed by atoms with Crippen LogP contribution in [0.4, 0.5) is 0 Å². The molecular formula is C22H30O4. The average Bonchev–Trinajstić information content (AvgIpc) is 2.61. The summed E-state index contributed by atoms with van der Waals surface area (Å²) in [5.74, 6) is -0.919. The summed E-state index contributed by atoms with van der Waals surface area (Å²) in [6.45, 7) is 10.9. The molecule has 0 aromatic carbocycles. The number of carbonyl (C=O) groups is 2. The van der Waals surface area contributed by atoms with Gasteiger partial charge in [-0.15, -0.1) is 0 Å². The van der Waals surface area contributed by atoms with Crippen LogP contribution in [-0.2, 0) is 14.3 Å². The van der Waals surface area contributed by atoms with Gasteiger partial charge in [0.15, 0.2) is 11.5 Å². The largest absolute Gasteiger partial charge is 0.504 e. The molecule has 0 unspecified atom stereocenters. The minimum atomic E-state index is -0.581. The Morgan fingerprint density at radius 1 is 1.46 bits per heavy atom. The molecule has 1 fully saturated rings. The maximum atomic E-state index is 12.3. The molecule has 2 aliphatic rings. The van der Waals surface area contributed by atoms with Gasteiger partial charge in [0.2, 0.25) is 11.6 Å².